The Bertz CT molecular complexity index is 543. The van der Waals surface area contributed by atoms with Crippen molar-refractivity contribution >= 4 is 54.9 Å². The Morgan fingerprint density at radius 2 is 2.28 bits per heavy atom. The molecule has 0 saturated carbocycles. The van der Waals surface area contributed by atoms with Crippen molar-refractivity contribution in [1.82, 2.24) is 4.72 Å². The number of sulfonamides is 1. The number of carbonyl (C=O) groups is 1. The largest absolute Gasteiger partial charge is 0.468 e. The molecule has 1 rings (SSSR count). The monoisotopic (exact) mass is 375 g/mol. The van der Waals surface area contributed by atoms with Crippen LogP contribution in [-0.2, 0) is 19.6 Å². The molecule has 0 aliphatic rings. The van der Waals surface area contributed by atoms with Crippen LogP contribution in [0.2, 0.25) is 0 Å². The van der Waals surface area contributed by atoms with Crippen LogP contribution in [0.5, 0.6) is 0 Å². The molecule has 1 atom stereocenters. The molecular formula is C9H11BrClNO4S2. The second kappa shape index (κ2) is 6.33. The summed E-state index contributed by atoms with van der Waals surface area (Å²) in [5.74, 6) is -0.678. The van der Waals surface area contributed by atoms with Gasteiger partial charge in [0.05, 0.1) is 15.8 Å². The summed E-state index contributed by atoms with van der Waals surface area (Å²) in [6.07, 6.45) is 0. The van der Waals surface area contributed by atoms with Crippen molar-refractivity contribution in [3.63, 3.8) is 0 Å². The third kappa shape index (κ3) is 3.92. The van der Waals surface area contributed by atoms with Gasteiger partial charge in [0.25, 0.3) is 0 Å². The quantitative estimate of drug-likeness (QED) is 0.629. The maximum Gasteiger partial charge on any atom is 0.325 e. The van der Waals surface area contributed by atoms with Crippen molar-refractivity contribution in [2.75, 3.05) is 13.7 Å². The highest BCUT2D eigenvalue weighted by Crippen LogP contribution is 2.29. The van der Waals surface area contributed by atoms with Crippen LogP contribution in [0.3, 0.4) is 0 Å². The molecule has 0 saturated heterocycles. The standard InChI is InChI=1S/C9H11BrClNO4S2/c1-5-7(3-8(10)17-5)18(14,15)12-4-6(11)9(13)16-2/h3,6,12H,4H2,1-2H3. The van der Waals surface area contributed by atoms with Crippen molar-refractivity contribution < 1.29 is 17.9 Å². The van der Waals surface area contributed by atoms with Crippen molar-refractivity contribution in [2.24, 2.45) is 0 Å². The number of aryl methyl sites for hydroxylation is 1. The number of rotatable bonds is 5. The van der Waals surface area contributed by atoms with E-state index in [2.05, 4.69) is 25.4 Å². The highest BCUT2D eigenvalue weighted by atomic mass is 79.9. The molecule has 0 bridgehead atoms. The molecule has 0 aliphatic carbocycles. The number of esters is 1. The molecule has 1 aromatic rings. The predicted molar refractivity (Wildman–Crippen MR) is 73.6 cm³/mol. The number of hydrogen-bond donors (Lipinski definition) is 1. The number of ether oxygens (including phenoxy) is 1. The Morgan fingerprint density at radius 1 is 1.67 bits per heavy atom. The van der Waals surface area contributed by atoms with Gasteiger partial charge in [0.1, 0.15) is 5.38 Å². The molecule has 1 aromatic heterocycles. The number of halogens is 2. The third-order valence-corrected chi connectivity index (χ3v) is 5.61. The van der Waals surface area contributed by atoms with Gasteiger partial charge in [-0.05, 0) is 28.9 Å². The minimum absolute atomic E-state index is 0.174. The number of thiophene rings is 1. The average Bonchev–Trinajstić information content (AvgIpc) is 2.65. The van der Waals surface area contributed by atoms with Gasteiger partial charge in [-0.2, -0.15) is 0 Å². The van der Waals surface area contributed by atoms with Gasteiger partial charge in [0, 0.05) is 11.4 Å². The topological polar surface area (TPSA) is 72.5 Å². The second-order valence-electron chi connectivity index (χ2n) is 3.31. The molecule has 1 unspecified atom stereocenters. The summed E-state index contributed by atoms with van der Waals surface area (Å²) in [7, 11) is -2.48. The first-order valence-electron chi connectivity index (χ1n) is 4.75. The molecule has 0 fully saturated rings. The van der Waals surface area contributed by atoms with Gasteiger partial charge in [0.2, 0.25) is 10.0 Å². The van der Waals surface area contributed by atoms with Crippen molar-refractivity contribution in [3.8, 4) is 0 Å². The summed E-state index contributed by atoms with van der Waals surface area (Å²) in [6, 6.07) is 1.50. The second-order valence-corrected chi connectivity index (χ2v) is 8.21. The summed E-state index contributed by atoms with van der Waals surface area (Å²) in [4.78, 5) is 11.9. The lowest BCUT2D eigenvalue weighted by Gasteiger charge is -2.09. The van der Waals surface area contributed by atoms with E-state index in [0.29, 0.717) is 4.88 Å². The number of nitrogens with one attached hydrogen (secondary N) is 1. The van der Waals surface area contributed by atoms with Crippen LogP contribution in [0.15, 0.2) is 14.7 Å². The Morgan fingerprint density at radius 3 is 2.72 bits per heavy atom. The first kappa shape index (κ1) is 15.9. The molecule has 18 heavy (non-hydrogen) atoms. The summed E-state index contributed by atoms with van der Waals surface area (Å²) in [5.41, 5.74) is 0. The number of hydrogen-bond acceptors (Lipinski definition) is 5. The van der Waals surface area contributed by atoms with Gasteiger partial charge in [-0.3, -0.25) is 4.79 Å². The van der Waals surface area contributed by atoms with Gasteiger partial charge in [0.15, 0.2) is 0 Å². The molecule has 0 spiro atoms. The van der Waals surface area contributed by atoms with Gasteiger partial charge in [-0.25, -0.2) is 13.1 Å². The number of alkyl halides is 1. The van der Waals surface area contributed by atoms with Crippen LogP contribution in [0.1, 0.15) is 4.88 Å². The van der Waals surface area contributed by atoms with Crippen LogP contribution in [0, 0.1) is 6.92 Å². The van der Waals surface area contributed by atoms with Crippen molar-refractivity contribution in [3.05, 3.63) is 14.7 Å². The first-order chi connectivity index (χ1) is 8.27. The third-order valence-electron chi connectivity index (χ3n) is 2.04. The lowest BCUT2D eigenvalue weighted by Crippen LogP contribution is -2.34. The van der Waals surface area contributed by atoms with Crippen molar-refractivity contribution in [1.29, 1.82) is 0 Å². The maximum atomic E-state index is 11.9. The van der Waals surface area contributed by atoms with Crippen LogP contribution >= 0.6 is 38.9 Å². The average molecular weight is 377 g/mol. The van der Waals surface area contributed by atoms with E-state index in [0.717, 1.165) is 3.79 Å². The zero-order chi connectivity index (χ0) is 13.9. The molecule has 102 valence electrons. The lowest BCUT2D eigenvalue weighted by atomic mass is 10.4. The van der Waals surface area contributed by atoms with Crippen molar-refractivity contribution in [2.45, 2.75) is 17.2 Å². The van der Waals surface area contributed by atoms with E-state index in [1.54, 1.807) is 6.92 Å². The van der Waals surface area contributed by atoms with E-state index in [1.165, 1.54) is 24.5 Å². The zero-order valence-corrected chi connectivity index (χ0v) is 13.5. The van der Waals surface area contributed by atoms with Gasteiger partial charge >= 0.3 is 5.97 Å². The van der Waals surface area contributed by atoms with Crippen LogP contribution in [-0.4, -0.2) is 33.4 Å². The Balaban J connectivity index is 2.78. The Kier molecular flexibility index (Phi) is 5.60. The minimum Gasteiger partial charge on any atom is -0.468 e. The van der Waals surface area contributed by atoms with E-state index in [-0.39, 0.29) is 11.4 Å². The molecule has 1 heterocycles. The SMILES string of the molecule is COC(=O)C(Cl)CNS(=O)(=O)c1cc(Br)sc1C. The molecule has 1 N–H and O–H groups in total. The Labute approximate surface area is 123 Å². The van der Waals surface area contributed by atoms with E-state index in [4.69, 9.17) is 11.6 Å². The van der Waals surface area contributed by atoms with E-state index < -0.39 is 21.4 Å². The van der Waals surface area contributed by atoms with Gasteiger partial charge in [-0.1, -0.05) is 0 Å². The zero-order valence-electron chi connectivity index (χ0n) is 9.57. The highest BCUT2D eigenvalue weighted by molar-refractivity contribution is 9.11. The summed E-state index contributed by atoms with van der Waals surface area (Å²) in [5, 5.41) is -1.05. The van der Waals surface area contributed by atoms with E-state index in [1.807, 2.05) is 0 Å². The van der Waals surface area contributed by atoms with E-state index >= 15 is 0 Å². The van der Waals surface area contributed by atoms with Gasteiger partial charge in [-0.15, -0.1) is 22.9 Å². The Hall–Kier alpha value is -0.150. The summed E-state index contributed by atoms with van der Waals surface area (Å²) in [6.45, 7) is 1.48. The normalized spacial score (nSPS) is 13.3. The highest BCUT2D eigenvalue weighted by Gasteiger charge is 2.23. The summed E-state index contributed by atoms with van der Waals surface area (Å²) >= 11 is 10.2. The predicted octanol–water partition coefficient (Wildman–Crippen LogP) is 1.88. The fraction of sp³-hybridized carbons (Fsp3) is 0.444. The molecule has 0 aliphatic heterocycles. The lowest BCUT2D eigenvalue weighted by molar-refractivity contribution is -0.140. The van der Waals surface area contributed by atoms with Crippen LogP contribution in [0.25, 0.3) is 0 Å². The summed E-state index contributed by atoms with van der Waals surface area (Å²) < 4.78 is 31.3. The molecule has 9 heteroatoms. The maximum absolute atomic E-state index is 11.9. The number of methoxy groups -OCH3 is 1. The molecule has 0 aromatic carbocycles. The number of carbonyl (C=O) groups excluding carboxylic acids is 1. The van der Waals surface area contributed by atoms with Gasteiger partial charge < -0.3 is 4.74 Å². The van der Waals surface area contributed by atoms with Crippen LogP contribution < -0.4 is 4.72 Å². The fourth-order valence-corrected chi connectivity index (χ4v) is 4.89. The van der Waals surface area contributed by atoms with E-state index in [9.17, 15) is 13.2 Å². The molecule has 0 radical (unpaired) electrons. The van der Waals surface area contributed by atoms with Crippen LogP contribution in [0.4, 0.5) is 0 Å². The molecular weight excluding hydrogens is 366 g/mol. The smallest absolute Gasteiger partial charge is 0.325 e. The minimum atomic E-state index is -3.67. The molecule has 0 amide bonds. The first-order valence-corrected chi connectivity index (χ1v) is 8.28. The fourth-order valence-electron chi connectivity index (χ4n) is 1.17. The molecule has 5 nitrogen and oxygen atoms in total.